The van der Waals surface area contributed by atoms with Gasteiger partial charge in [0.2, 0.25) is 0 Å². The Bertz CT molecular complexity index is 679. The molecule has 0 saturated heterocycles. The number of anilines is 1. The highest BCUT2D eigenvalue weighted by molar-refractivity contribution is 7.94. The van der Waals surface area contributed by atoms with E-state index in [9.17, 15) is 12.8 Å². The van der Waals surface area contributed by atoms with Crippen LogP contribution >= 0.6 is 22.9 Å². The molecule has 0 unspecified atom stereocenters. The fourth-order valence-electron chi connectivity index (χ4n) is 1.36. The van der Waals surface area contributed by atoms with Gasteiger partial charge in [-0.25, -0.2) is 12.8 Å². The van der Waals surface area contributed by atoms with E-state index < -0.39 is 15.8 Å². The van der Waals surface area contributed by atoms with Crippen LogP contribution in [0.2, 0.25) is 5.02 Å². The molecular weight excluding hydrogens is 313 g/mol. The normalized spacial score (nSPS) is 11.5. The molecule has 0 fully saturated rings. The number of benzene rings is 1. The zero-order valence-corrected chi connectivity index (χ0v) is 11.8. The zero-order chi connectivity index (χ0) is 14.0. The highest BCUT2D eigenvalue weighted by atomic mass is 35.5. The van der Waals surface area contributed by atoms with Crippen LogP contribution in [0.5, 0.6) is 0 Å². The molecule has 0 spiro atoms. The lowest BCUT2D eigenvalue weighted by Gasteiger charge is -2.08. The lowest BCUT2D eigenvalue weighted by molar-refractivity contribution is 0.282. The van der Waals surface area contributed by atoms with Gasteiger partial charge in [-0.15, -0.1) is 11.3 Å². The molecule has 8 heteroatoms. The van der Waals surface area contributed by atoms with Gasteiger partial charge in [-0.2, -0.15) is 0 Å². The minimum atomic E-state index is -3.91. The Kier molecular flexibility index (Phi) is 4.10. The van der Waals surface area contributed by atoms with E-state index in [1.54, 1.807) is 0 Å². The molecule has 102 valence electrons. The molecule has 0 saturated carbocycles. The summed E-state index contributed by atoms with van der Waals surface area (Å²) in [4.78, 5) is 0. The van der Waals surface area contributed by atoms with Gasteiger partial charge in [0, 0.05) is 0 Å². The van der Waals surface area contributed by atoms with Crippen LogP contribution in [-0.2, 0) is 16.6 Å². The Morgan fingerprint density at radius 2 is 2.16 bits per heavy atom. The number of thiophene rings is 1. The highest BCUT2D eigenvalue weighted by Crippen LogP contribution is 2.29. The summed E-state index contributed by atoms with van der Waals surface area (Å²) in [5, 5.41) is 10.4. The van der Waals surface area contributed by atoms with Gasteiger partial charge in [0.15, 0.2) is 0 Å². The van der Waals surface area contributed by atoms with Crippen LogP contribution in [0.15, 0.2) is 33.9 Å². The number of aliphatic hydroxyl groups is 1. The molecule has 19 heavy (non-hydrogen) atoms. The van der Waals surface area contributed by atoms with E-state index >= 15 is 0 Å². The van der Waals surface area contributed by atoms with Crippen LogP contribution in [0.1, 0.15) is 5.56 Å². The van der Waals surface area contributed by atoms with Crippen molar-refractivity contribution in [3.05, 3.63) is 46.0 Å². The molecule has 0 aliphatic heterocycles. The number of para-hydroxylation sites is 1. The third kappa shape index (κ3) is 3.06. The number of sulfonamides is 1. The van der Waals surface area contributed by atoms with E-state index in [4.69, 9.17) is 16.7 Å². The average molecular weight is 322 g/mol. The van der Waals surface area contributed by atoms with Crippen molar-refractivity contribution in [3.63, 3.8) is 0 Å². The van der Waals surface area contributed by atoms with Gasteiger partial charge in [0.05, 0.1) is 11.6 Å². The molecule has 0 atom stereocenters. The molecule has 1 heterocycles. The Morgan fingerprint density at radius 3 is 2.74 bits per heavy atom. The zero-order valence-electron chi connectivity index (χ0n) is 9.43. The first kappa shape index (κ1) is 14.3. The van der Waals surface area contributed by atoms with Crippen molar-refractivity contribution >= 4 is 38.6 Å². The second-order valence-corrected chi connectivity index (χ2v) is 6.86. The number of aliphatic hydroxyl groups excluding tert-OH is 1. The van der Waals surface area contributed by atoms with Gasteiger partial charge in [0.25, 0.3) is 10.0 Å². The number of halogens is 2. The average Bonchev–Trinajstić information content (AvgIpc) is 2.83. The SMILES string of the molecule is O=S(=O)(Nc1c(F)cccc1Cl)c1cc(CO)cs1. The highest BCUT2D eigenvalue weighted by Gasteiger charge is 2.20. The molecule has 1 aromatic heterocycles. The molecule has 0 aliphatic rings. The maximum atomic E-state index is 13.5. The van der Waals surface area contributed by atoms with Crippen LogP contribution < -0.4 is 4.72 Å². The van der Waals surface area contributed by atoms with Crippen molar-refractivity contribution in [2.75, 3.05) is 4.72 Å². The van der Waals surface area contributed by atoms with Crippen LogP contribution in [0.3, 0.4) is 0 Å². The lowest BCUT2D eigenvalue weighted by Crippen LogP contribution is -2.13. The van der Waals surface area contributed by atoms with Crippen molar-refractivity contribution in [1.29, 1.82) is 0 Å². The summed E-state index contributed by atoms with van der Waals surface area (Å²) in [7, 11) is -3.91. The molecular formula is C11H9ClFNO3S2. The first-order valence-corrected chi connectivity index (χ1v) is 7.83. The smallest absolute Gasteiger partial charge is 0.271 e. The molecule has 0 radical (unpaired) electrons. The molecule has 0 bridgehead atoms. The monoisotopic (exact) mass is 321 g/mol. The lowest BCUT2D eigenvalue weighted by atomic mass is 10.3. The van der Waals surface area contributed by atoms with Crippen LogP contribution in [0.4, 0.5) is 10.1 Å². The second kappa shape index (κ2) is 5.46. The van der Waals surface area contributed by atoms with Gasteiger partial charge >= 0.3 is 0 Å². The predicted octanol–water partition coefficient (Wildman–Crippen LogP) is 2.83. The quantitative estimate of drug-likeness (QED) is 0.910. The fraction of sp³-hybridized carbons (Fsp3) is 0.0909. The Labute approximate surface area is 118 Å². The van der Waals surface area contributed by atoms with Gasteiger partial charge in [-0.3, -0.25) is 4.72 Å². The summed E-state index contributed by atoms with van der Waals surface area (Å²) in [5.74, 6) is -0.755. The summed E-state index contributed by atoms with van der Waals surface area (Å²) in [6.45, 7) is -0.257. The van der Waals surface area contributed by atoms with Crippen LogP contribution in [-0.4, -0.2) is 13.5 Å². The van der Waals surface area contributed by atoms with Crippen molar-refractivity contribution in [1.82, 2.24) is 0 Å². The second-order valence-electron chi connectivity index (χ2n) is 3.63. The number of hydrogen-bond donors (Lipinski definition) is 2. The molecule has 2 N–H and O–H groups in total. The standard InChI is InChI=1S/C11H9ClFNO3S2/c12-8-2-1-3-9(13)11(8)14-19(16,17)10-4-7(5-15)6-18-10/h1-4,6,14-15H,5H2. The van der Waals surface area contributed by atoms with Gasteiger partial charge < -0.3 is 5.11 Å². The molecule has 4 nitrogen and oxygen atoms in total. The molecule has 0 amide bonds. The van der Waals surface area contributed by atoms with Crippen LogP contribution in [0, 0.1) is 5.82 Å². The number of nitrogens with one attached hydrogen (secondary N) is 1. The topological polar surface area (TPSA) is 66.4 Å². The van der Waals surface area contributed by atoms with Crippen molar-refractivity contribution < 1.29 is 17.9 Å². The van der Waals surface area contributed by atoms with Crippen molar-refractivity contribution in [3.8, 4) is 0 Å². The van der Waals surface area contributed by atoms with Crippen LogP contribution in [0.25, 0.3) is 0 Å². The maximum Gasteiger partial charge on any atom is 0.271 e. The van der Waals surface area contributed by atoms with E-state index in [-0.39, 0.29) is 21.5 Å². The van der Waals surface area contributed by atoms with E-state index in [0.29, 0.717) is 5.56 Å². The van der Waals surface area contributed by atoms with Gasteiger partial charge in [0.1, 0.15) is 15.7 Å². The molecule has 2 aromatic rings. The van der Waals surface area contributed by atoms with E-state index in [1.165, 1.54) is 23.6 Å². The van der Waals surface area contributed by atoms with Gasteiger partial charge in [-0.05, 0) is 29.1 Å². The number of rotatable bonds is 4. The molecule has 0 aliphatic carbocycles. The summed E-state index contributed by atoms with van der Waals surface area (Å²) in [6, 6.07) is 5.19. The van der Waals surface area contributed by atoms with E-state index in [2.05, 4.69) is 4.72 Å². The minimum Gasteiger partial charge on any atom is -0.392 e. The molecule has 2 rings (SSSR count). The first-order valence-electron chi connectivity index (χ1n) is 5.09. The Balaban J connectivity index is 2.36. The largest absolute Gasteiger partial charge is 0.392 e. The minimum absolute atomic E-state index is 0.0177. The first-order chi connectivity index (χ1) is 8.94. The van der Waals surface area contributed by atoms with E-state index in [0.717, 1.165) is 17.4 Å². The maximum absolute atomic E-state index is 13.5. The van der Waals surface area contributed by atoms with Gasteiger partial charge in [-0.1, -0.05) is 17.7 Å². The Morgan fingerprint density at radius 1 is 1.42 bits per heavy atom. The van der Waals surface area contributed by atoms with Crippen molar-refractivity contribution in [2.45, 2.75) is 10.8 Å². The third-order valence-corrected chi connectivity index (χ3v) is 5.43. The van der Waals surface area contributed by atoms with E-state index in [1.807, 2.05) is 0 Å². The fourth-order valence-corrected chi connectivity index (χ4v) is 3.91. The molecule has 1 aromatic carbocycles. The Hall–Kier alpha value is -1.15. The summed E-state index contributed by atoms with van der Waals surface area (Å²) >= 11 is 6.69. The summed E-state index contributed by atoms with van der Waals surface area (Å²) in [6.07, 6.45) is 0. The third-order valence-electron chi connectivity index (χ3n) is 2.28. The van der Waals surface area contributed by atoms with Crippen molar-refractivity contribution in [2.24, 2.45) is 0 Å². The number of hydrogen-bond acceptors (Lipinski definition) is 4. The predicted molar refractivity (Wildman–Crippen MR) is 72.5 cm³/mol. The summed E-state index contributed by atoms with van der Waals surface area (Å²) < 4.78 is 39.7. The summed E-state index contributed by atoms with van der Waals surface area (Å²) in [5.41, 5.74) is 0.188.